The maximum atomic E-state index is 5.51. The molecule has 178 valence electrons. The molecule has 1 aliphatic rings. The molecule has 34 heavy (non-hydrogen) atoms. The lowest BCUT2D eigenvalue weighted by Gasteiger charge is -2.30. The van der Waals surface area contributed by atoms with Crippen molar-refractivity contribution in [1.82, 2.24) is 29.8 Å². The van der Waals surface area contributed by atoms with E-state index in [1.807, 2.05) is 31.5 Å². The molecule has 1 fully saturated rings. The Balaban J connectivity index is 1.38. The van der Waals surface area contributed by atoms with Gasteiger partial charge in [-0.2, -0.15) is 0 Å². The number of imidazole rings is 1. The zero-order valence-electron chi connectivity index (χ0n) is 20.3. The van der Waals surface area contributed by atoms with E-state index in [2.05, 4.69) is 32.8 Å². The van der Waals surface area contributed by atoms with Gasteiger partial charge in [-0.05, 0) is 57.5 Å². The summed E-state index contributed by atoms with van der Waals surface area (Å²) in [6.07, 6.45) is 6.89. The molecule has 0 radical (unpaired) electrons. The quantitative estimate of drug-likeness (QED) is 0.418. The van der Waals surface area contributed by atoms with Crippen LogP contribution in [0.2, 0.25) is 0 Å². The molecule has 8 nitrogen and oxygen atoms in total. The molecular formula is C26H32N6O2. The second kappa shape index (κ2) is 9.46. The maximum Gasteiger partial charge on any atom is 0.161 e. The van der Waals surface area contributed by atoms with Crippen molar-refractivity contribution in [3.8, 4) is 22.8 Å². The van der Waals surface area contributed by atoms with Crippen molar-refractivity contribution in [2.45, 2.75) is 45.6 Å². The molecule has 0 aliphatic carbocycles. The molecule has 4 heterocycles. The van der Waals surface area contributed by atoms with E-state index in [9.17, 15) is 0 Å². The van der Waals surface area contributed by atoms with Crippen LogP contribution in [0.5, 0.6) is 11.5 Å². The average molecular weight is 461 g/mol. The predicted molar refractivity (Wildman–Crippen MR) is 132 cm³/mol. The minimum Gasteiger partial charge on any atom is -0.493 e. The highest BCUT2D eigenvalue weighted by molar-refractivity contribution is 5.87. The largest absolute Gasteiger partial charge is 0.493 e. The second-order valence-corrected chi connectivity index (χ2v) is 8.93. The molecule has 0 saturated carbocycles. The van der Waals surface area contributed by atoms with Crippen LogP contribution in [-0.4, -0.2) is 57.1 Å². The van der Waals surface area contributed by atoms with E-state index in [1.54, 1.807) is 14.2 Å². The number of aryl methyl sites for hydroxylation is 2. The topological polar surface area (TPSA) is 92.0 Å². The molecule has 1 saturated heterocycles. The lowest BCUT2D eigenvalue weighted by atomic mass is 9.95. The molecule has 0 unspecified atom stereocenters. The highest BCUT2D eigenvalue weighted by atomic mass is 16.5. The maximum absolute atomic E-state index is 5.51. The van der Waals surface area contributed by atoms with Gasteiger partial charge < -0.3 is 19.4 Å². The van der Waals surface area contributed by atoms with Gasteiger partial charge in [-0.1, -0.05) is 6.92 Å². The predicted octanol–water partition coefficient (Wildman–Crippen LogP) is 4.62. The monoisotopic (exact) mass is 460 g/mol. The van der Waals surface area contributed by atoms with E-state index in [4.69, 9.17) is 19.4 Å². The van der Waals surface area contributed by atoms with Crippen molar-refractivity contribution in [3.63, 3.8) is 0 Å². The van der Waals surface area contributed by atoms with E-state index in [1.165, 1.54) is 5.56 Å². The summed E-state index contributed by atoms with van der Waals surface area (Å²) in [5.41, 5.74) is 6.35. The first-order valence-corrected chi connectivity index (χ1v) is 11.9. The number of nitrogens with one attached hydrogen (secondary N) is 2. The summed E-state index contributed by atoms with van der Waals surface area (Å²) in [6, 6.07) is 6.00. The second-order valence-electron chi connectivity index (χ2n) is 8.93. The van der Waals surface area contributed by atoms with Gasteiger partial charge in [0.15, 0.2) is 11.5 Å². The first-order valence-electron chi connectivity index (χ1n) is 11.9. The summed E-state index contributed by atoms with van der Waals surface area (Å²) in [6.45, 7) is 7.10. The van der Waals surface area contributed by atoms with Crippen LogP contribution in [0.3, 0.4) is 0 Å². The smallest absolute Gasteiger partial charge is 0.161 e. The van der Waals surface area contributed by atoms with E-state index in [-0.39, 0.29) is 0 Å². The van der Waals surface area contributed by atoms with Crippen LogP contribution in [0.15, 0.2) is 30.6 Å². The first kappa shape index (κ1) is 22.4. The van der Waals surface area contributed by atoms with Gasteiger partial charge in [-0.15, -0.1) is 0 Å². The zero-order chi connectivity index (χ0) is 23.7. The third-order valence-corrected chi connectivity index (χ3v) is 6.77. The van der Waals surface area contributed by atoms with Crippen molar-refractivity contribution in [2.75, 3.05) is 27.3 Å². The summed E-state index contributed by atoms with van der Waals surface area (Å²) >= 11 is 0. The fourth-order valence-corrected chi connectivity index (χ4v) is 4.93. The minimum absolute atomic E-state index is 0.378. The van der Waals surface area contributed by atoms with Gasteiger partial charge >= 0.3 is 0 Å². The highest BCUT2D eigenvalue weighted by Gasteiger charge is 2.24. The van der Waals surface area contributed by atoms with Gasteiger partial charge in [0, 0.05) is 23.2 Å². The van der Waals surface area contributed by atoms with Gasteiger partial charge in [-0.3, -0.25) is 4.90 Å². The molecule has 1 aromatic carbocycles. The number of H-pyrrole nitrogens is 2. The normalized spacial score (nSPS) is 15.2. The minimum atomic E-state index is 0.378. The number of aromatic amines is 2. The molecule has 8 heteroatoms. The molecular weight excluding hydrogens is 428 g/mol. The summed E-state index contributed by atoms with van der Waals surface area (Å²) < 4.78 is 10.9. The molecule has 2 N–H and O–H groups in total. The van der Waals surface area contributed by atoms with Crippen LogP contribution in [0.4, 0.5) is 0 Å². The highest BCUT2D eigenvalue weighted by Crippen LogP contribution is 2.36. The zero-order valence-corrected chi connectivity index (χ0v) is 20.3. The van der Waals surface area contributed by atoms with Crippen LogP contribution >= 0.6 is 0 Å². The van der Waals surface area contributed by atoms with Gasteiger partial charge in [-0.25, -0.2) is 15.0 Å². The number of benzene rings is 1. The van der Waals surface area contributed by atoms with Gasteiger partial charge in [0.05, 0.1) is 49.4 Å². The van der Waals surface area contributed by atoms with Crippen LogP contribution < -0.4 is 9.47 Å². The Morgan fingerprint density at radius 2 is 1.88 bits per heavy atom. The Labute approximate surface area is 199 Å². The Bertz CT molecular complexity index is 1290. The number of hydrogen-bond acceptors (Lipinski definition) is 6. The van der Waals surface area contributed by atoms with Crippen LogP contribution in [-0.2, 0) is 13.0 Å². The third kappa shape index (κ3) is 4.25. The van der Waals surface area contributed by atoms with Crippen LogP contribution in [0, 0.1) is 6.92 Å². The Morgan fingerprint density at radius 1 is 1.09 bits per heavy atom. The summed E-state index contributed by atoms with van der Waals surface area (Å²) in [7, 11) is 3.31. The summed E-state index contributed by atoms with van der Waals surface area (Å²) in [5.74, 6) is 3.80. The Hall–Kier alpha value is -3.39. The van der Waals surface area contributed by atoms with Crippen molar-refractivity contribution in [2.24, 2.45) is 0 Å². The molecule has 3 aromatic heterocycles. The van der Waals surface area contributed by atoms with Gasteiger partial charge in [0.25, 0.3) is 0 Å². The van der Waals surface area contributed by atoms with Gasteiger partial charge in [0.1, 0.15) is 11.6 Å². The number of hydrogen-bond donors (Lipinski definition) is 2. The third-order valence-electron chi connectivity index (χ3n) is 6.77. The molecule has 1 aliphatic heterocycles. The lowest BCUT2D eigenvalue weighted by molar-refractivity contribution is 0.198. The summed E-state index contributed by atoms with van der Waals surface area (Å²) in [5, 5.41) is 0. The van der Waals surface area contributed by atoms with E-state index in [0.29, 0.717) is 11.7 Å². The number of methoxy groups -OCH3 is 2. The first-order chi connectivity index (χ1) is 16.6. The van der Waals surface area contributed by atoms with Crippen molar-refractivity contribution < 1.29 is 9.47 Å². The van der Waals surface area contributed by atoms with E-state index in [0.717, 1.165) is 84.3 Å². The molecule has 4 aromatic rings. The number of rotatable bonds is 7. The fraction of sp³-hybridized carbons (Fsp3) is 0.423. The number of ether oxygens (including phenoxy) is 2. The van der Waals surface area contributed by atoms with Crippen molar-refractivity contribution in [1.29, 1.82) is 0 Å². The molecule has 0 atom stereocenters. The van der Waals surface area contributed by atoms with Crippen molar-refractivity contribution >= 4 is 11.0 Å². The molecule has 5 rings (SSSR count). The molecule has 0 amide bonds. The summed E-state index contributed by atoms with van der Waals surface area (Å²) in [4.78, 5) is 23.6. The lowest BCUT2D eigenvalue weighted by Crippen LogP contribution is -2.33. The van der Waals surface area contributed by atoms with E-state index < -0.39 is 0 Å². The van der Waals surface area contributed by atoms with E-state index >= 15 is 0 Å². The molecule has 0 spiro atoms. The number of fused-ring (bicyclic) bond motifs is 1. The number of piperidine rings is 1. The van der Waals surface area contributed by atoms with Gasteiger partial charge in [0.2, 0.25) is 0 Å². The number of likely N-dealkylation sites (tertiary alicyclic amines) is 1. The van der Waals surface area contributed by atoms with Crippen LogP contribution in [0.1, 0.15) is 48.6 Å². The fourth-order valence-electron chi connectivity index (χ4n) is 4.93. The molecule has 0 bridgehead atoms. The van der Waals surface area contributed by atoms with Crippen molar-refractivity contribution in [3.05, 3.63) is 53.5 Å². The standard InChI is InChI=1S/C26H32N6O2/c1-5-19-24(18-6-7-21(33-3)22(12-18)34-4)30-20-14-28-26(31-25(19)20)17-8-10-32(11-9-17)15-23-27-13-16(2)29-23/h6-7,12-14,17,30H,5,8-11,15H2,1-4H3,(H,27,29). The Morgan fingerprint density at radius 3 is 2.56 bits per heavy atom. The van der Waals surface area contributed by atoms with Crippen LogP contribution in [0.25, 0.3) is 22.3 Å². The number of aromatic nitrogens is 5. The Kier molecular flexibility index (Phi) is 6.24. The number of nitrogens with zero attached hydrogens (tertiary/aromatic N) is 4. The SMILES string of the molecule is CCc1c(-c2ccc(OC)c(OC)c2)[nH]c2cnc(C3CCN(Cc4nc(C)c[nH]4)CC3)nc12. The average Bonchev–Trinajstić information content (AvgIpc) is 3.46.